The van der Waals surface area contributed by atoms with Crippen molar-refractivity contribution in [2.75, 3.05) is 5.32 Å². The van der Waals surface area contributed by atoms with Gasteiger partial charge in [-0.1, -0.05) is 35.4 Å². The summed E-state index contributed by atoms with van der Waals surface area (Å²) in [6.07, 6.45) is -9.75. The number of para-hydroxylation sites is 1. The van der Waals surface area contributed by atoms with Crippen LogP contribution in [-0.2, 0) is 25.5 Å². The number of nitrogens with one attached hydrogen (secondary N) is 1. The van der Waals surface area contributed by atoms with Gasteiger partial charge in [-0.3, -0.25) is 4.79 Å². The van der Waals surface area contributed by atoms with Crippen LogP contribution in [0, 0.1) is 12.7 Å². The largest absolute Gasteiger partial charge is 0.479 e. The molecular formula is C21H21ClFNO8. The average molecular weight is 470 g/mol. The van der Waals surface area contributed by atoms with E-state index in [1.807, 2.05) is 0 Å². The van der Waals surface area contributed by atoms with Gasteiger partial charge in [0.05, 0.1) is 17.1 Å². The molecule has 0 spiro atoms. The zero-order valence-electron chi connectivity index (χ0n) is 16.7. The first-order valence-electron chi connectivity index (χ1n) is 9.51. The van der Waals surface area contributed by atoms with Crippen LogP contribution in [0.4, 0.5) is 15.8 Å². The van der Waals surface area contributed by atoms with E-state index in [1.54, 1.807) is 25.1 Å². The normalized spacial score (nSPS) is 25.2. The lowest BCUT2D eigenvalue weighted by Crippen LogP contribution is -2.60. The van der Waals surface area contributed by atoms with Crippen molar-refractivity contribution in [3.63, 3.8) is 0 Å². The molecule has 0 radical (unpaired) electrons. The molecule has 1 saturated heterocycles. The number of aryl methyl sites for hydroxylation is 1. The van der Waals surface area contributed by atoms with Gasteiger partial charge in [-0.05, 0) is 30.7 Å². The third-order valence-electron chi connectivity index (χ3n) is 4.88. The molecule has 2 aromatic carbocycles. The van der Waals surface area contributed by atoms with Crippen LogP contribution in [-0.4, -0.2) is 63.1 Å². The fraction of sp³-hybridized carbons (Fsp3) is 0.333. The predicted octanol–water partition coefficient (Wildman–Crippen LogP) is 1.51. The smallest absolute Gasteiger partial charge is 0.335 e. The third kappa shape index (κ3) is 5.17. The number of esters is 1. The number of carbonyl (C=O) groups excluding carboxylic acids is 1. The summed E-state index contributed by atoms with van der Waals surface area (Å²) in [6, 6.07) is 9.16. The van der Waals surface area contributed by atoms with Crippen LogP contribution in [0.1, 0.15) is 11.1 Å². The minimum absolute atomic E-state index is 0.0140. The number of hydrogen-bond donors (Lipinski definition) is 5. The Bertz CT molecular complexity index is 999. The highest BCUT2D eigenvalue weighted by Crippen LogP contribution is 2.31. The van der Waals surface area contributed by atoms with E-state index in [-0.39, 0.29) is 17.1 Å². The number of rotatable bonds is 6. The Kier molecular flexibility index (Phi) is 7.32. The molecule has 0 aliphatic carbocycles. The van der Waals surface area contributed by atoms with E-state index in [1.165, 1.54) is 18.2 Å². The van der Waals surface area contributed by atoms with Crippen molar-refractivity contribution in [1.82, 2.24) is 0 Å². The van der Waals surface area contributed by atoms with Crippen molar-refractivity contribution >= 4 is 34.9 Å². The first kappa shape index (κ1) is 23.9. The number of aliphatic carboxylic acids is 1. The number of carboxylic acids is 1. The van der Waals surface area contributed by atoms with Gasteiger partial charge >= 0.3 is 11.9 Å². The highest BCUT2D eigenvalue weighted by atomic mass is 35.5. The molecule has 1 fully saturated rings. The molecule has 0 unspecified atom stereocenters. The number of carbonyl (C=O) groups is 2. The third-order valence-corrected chi connectivity index (χ3v) is 5.19. The maximum atomic E-state index is 14.2. The minimum atomic E-state index is -1.91. The molecule has 32 heavy (non-hydrogen) atoms. The van der Waals surface area contributed by atoms with Crippen molar-refractivity contribution < 1.29 is 43.9 Å². The summed E-state index contributed by atoms with van der Waals surface area (Å²) < 4.78 is 24.1. The summed E-state index contributed by atoms with van der Waals surface area (Å²) in [6.45, 7) is 1.78. The van der Waals surface area contributed by atoms with Gasteiger partial charge in [-0.25, -0.2) is 9.18 Å². The van der Waals surface area contributed by atoms with Crippen LogP contribution >= 0.6 is 11.6 Å². The number of hydrogen-bond acceptors (Lipinski definition) is 8. The fourth-order valence-corrected chi connectivity index (χ4v) is 3.43. The van der Waals surface area contributed by atoms with Gasteiger partial charge in [0.15, 0.2) is 6.10 Å². The van der Waals surface area contributed by atoms with Crippen LogP contribution in [0.2, 0.25) is 5.02 Å². The molecule has 172 valence electrons. The second-order valence-corrected chi connectivity index (χ2v) is 7.69. The van der Waals surface area contributed by atoms with Crippen molar-refractivity contribution in [3.8, 4) is 0 Å². The molecule has 0 saturated carbocycles. The minimum Gasteiger partial charge on any atom is -0.479 e. The maximum absolute atomic E-state index is 14.2. The van der Waals surface area contributed by atoms with E-state index in [4.69, 9.17) is 26.2 Å². The van der Waals surface area contributed by atoms with E-state index in [0.29, 0.717) is 11.3 Å². The summed E-state index contributed by atoms with van der Waals surface area (Å²) in [5.74, 6) is -3.12. The van der Waals surface area contributed by atoms with E-state index >= 15 is 0 Å². The van der Waals surface area contributed by atoms with Crippen LogP contribution in [0.5, 0.6) is 0 Å². The van der Waals surface area contributed by atoms with Gasteiger partial charge in [0.2, 0.25) is 6.29 Å². The number of anilines is 2. The lowest BCUT2D eigenvalue weighted by molar-refractivity contribution is -0.286. The molecule has 0 amide bonds. The van der Waals surface area contributed by atoms with Gasteiger partial charge in [-0.15, -0.1) is 0 Å². The second-order valence-electron chi connectivity index (χ2n) is 7.28. The summed E-state index contributed by atoms with van der Waals surface area (Å²) in [5.41, 5.74) is 1.56. The van der Waals surface area contributed by atoms with Crippen molar-refractivity contribution in [2.45, 2.75) is 44.1 Å². The zero-order valence-corrected chi connectivity index (χ0v) is 17.5. The number of halogens is 2. The molecule has 5 N–H and O–H groups in total. The molecule has 9 nitrogen and oxygen atoms in total. The fourth-order valence-electron chi connectivity index (χ4n) is 3.22. The zero-order chi connectivity index (χ0) is 23.6. The number of ether oxygens (including phenoxy) is 2. The summed E-state index contributed by atoms with van der Waals surface area (Å²) in [7, 11) is 0. The number of aliphatic hydroxyl groups excluding tert-OH is 3. The molecule has 5 atom stereocenters. The Morgan fingerprint density at radius 1 is 1.16 bits per heavy atom. The summed E-state index contributed by atoms with van der Waals surface area (Å²) in [4.78, 5) is 23.7. The lowest BCUT2D eigenvalue weighted by atomic mass is 9.99. The monoisotopic (exact) mass is 469 g/mol. The van der Waals surface area contributed by atoms with E-state index < -0.39 is 48.5 Å². The first-order valence-corrected chi connectivity index (χ1v) is 9.88. The lowest BCUT2D eigenvalue weighted by Gasteiger charge is -2.37. The maximum Gasteiger partial charge on any atom is 0.335 e. The quantitative estimate of drug-likeness (QED) is 0.397. The van der Waals surface area contributed by atoms with E-state index in [2.05, 4.69) is 5.32 Å². The van der Waals surface area contributed by atoms with Crippen molar-refractivity contribution in [2.24, 2.45) is 0 Å². The molecule has 1 aliphatic heterocycles. The molecule has 0 aromatic heterocycles. The number of benzene rings is 2. The van der Waals surface area contributed by atoms with Crippen LogP contribution in [0.3, 0.4) is 0 Å². The highest BCUT2D eigenvalue weighted by molar-refractivity contribution is 6.33. The molecule has 2 aromatic rings. The van der Waals surface area contributed by atoms with Gasteiger partial charge in [0, 0.05) is 5.69 Å². The number of carboxylic acid groups (broad SMARTS) is 1. The highest BCUT2D eigenvalue weighted by Gasteiger charge is 2.48. The predicted molar refractivity (Wildman–Crippen MR) is 110 cm³/mol. The summed E-state index contributed by atoms with van der Waals surface area (Å²) in [5, 5.41) is 41.6. The Morgan fingerprint density at radius 2 is 1.88 bits per heavy atom. The van der Waals surface area contributed by atoms with Crippen LogP contribution in [0.25, 0.3) is 0 Å². The van der Waals surface area contributed by atoms with E-state index in [0.717, 1.165) is 5.56 Å². The van der Waals surface area contributed by atoms with Gasteiger partial charge < -0.3 is 35.2 Å². The van der Waals surface area contributed by atoms with Gasteiger partial charge in [-0.2, -0.15) is 0 Å². The van der Waals surface area contributed by atoms with E-state index in [9.17, 15) is 29.3 Å². The van der Waals surface area contributed by atoms with Crippen molar-refractivity contribution in [3.05, 3.63) is 58.4 Å². The van der Waals surface area contributed by atoms with Crippen LogP contribution in [0.15, 0.2) is 36.4 Å². The van der Waals surface area contributed by atoms with Gasteiger partial charge in [0.1, 0.15) is 24.1 Å². The molecule has 1 aliphatic rings. The first-order chi connectivity index (χ1) is 15.1. The average Bonchev–Trinajstić information content (AvgIpc) is 2.72. The van der Waals surface area contributed by atoms with Crippen LogP contribution < -0.4 is 5.32 Å². The standard InChI is InChI=1S/C21H21ClFNO8/c1-9-5-6-13(24-15-11(22)3-2-4-12(15)23)10(7-9)8-14(25)31-21-18(28)16(26)17(27)19(32-21)20(29)30/h2-7,16-19,21,24,26-28H,8H2,1H3,(H,29,30)/t16-,17-,18-,19+,21+/m1/s1. The molecule has 1 heterocycles. The Balaban J connectivity index is 1.78. The Labute approximate surface area is 187 Å². The summed E-state index contributed by atoms with van der Waals surface area (Å²) >= 11 is 6.05. The SMILES string of the molecule is Cc1ccc(Nc2c(F)cccc2Cl)c(CC(=O)O[C@H]2O[C@H](C(=O)O)[C@H](O)[C@@H](O)[C@H]2O)c1. The van der Waals surface area contributed by atoms with Crippen molar-refractivity contribution in [1.29, 1.82) is 0 Å². The Morgan fingerprint density at radius 3 is 2.53 bits per heavy atom. The molecular weight excluding hydrogens is 449 g/mol. The second kappa shape index (κ2) is 9.80. The Hall–Kier alpha value is -2.76. The molecule has 11 heteroatoms. The molecule has 0 bridgehead atoms. The topological polar surface area (TPSA) is 146 Å². The molecule has 3 rings (SSSR count). The number of aliphatic hydroxyl groups is 3. The van der Waals surface area contributed by atoms with Gasteiger partial charge in [0.25, 0.3) is 0 Å².